The number of hydrogen-bond acceptors (Lipinski definition) is 4. The number of piperidine rings is 1. The Hall–Kier alpha value is -2.45. The molecule has 1 aliphatic heterocycles. The van der Waals surface area contributed by atoms with Crippen LogP contribution in [-0.4, -0.2) is 43.6 Å². The summed E-state index contributed by atoms with van der Waals surface area (Å²) in [5.74, 6) is 0.346. The summed E-state index contributed by atoms with van der Waals surface area (Å²) in [7, 11) is 0. The molecular weight excluding hydrogens is 371 g/mol. The van der Waals surface area contributed by atoms with E-state index in [-0.39, 0.29) is 30.0 Å². The van der Waals surface area contributed by atoms with E-state index in [2.05, 4.69) is 15.1 Å². The zero-order valence-corrected chi connectivity index (χ0v) is 15.6. The Balaban J connectivity index is 1.49. The monoisotopic (exact) mass is 393 g/mol. The standard InChI is InChI=1S/C19H22F3N5O/c1-2-26-7-6-14(10-17(26)28)27-8-5-13(25-27)9-16-23-11-15(19(20,21)22)18(24-16)12-3-4-12/h5,8,11-12,14H,2-4,6-7,9-10H2,1H3. The van der Waals surface area contributed by atoms with Crippen molar-refractivity contribution >= 4 is 5.91 Å². The van der Waals surface area contributed by atoms with Crippen LogP contribution in [0.5, 0.6) is 0 Å². The highest BCUT2D eigenvalue weighted by atomic mass is 19.4. The van der Waals surface area contributed by atoms with Crippen molar-refractivity contribution in [2.24, 2.45) is 0 Å². The van der Waals surface area contributed by atoms with Gasteiger partial charge in [-0.15, -0.1) is 0 Å². The van der Waals surface area contributed by atoms with E-state index < -0.39 is 11.7 Å². The molecule has 3 heterocycles. The van der Waals surface area contributed by atoms with Crippen molar-refractivity contribution < 1.29 is 18.0 Å². The Morgan fingerprint density at radius 2 is 2.04 bits per heavy atom. The van der Waals surface area contributed by atoms with Crippen LogP contribution in [0.2, 0.25) is 0 Å². The first-order valence-electron chi connectivity index (χ1n) is 9.60. The second-order valence-electron chi connectivity index (χ2n) is 7.44. The molecule has 1 atom stereocenters. The van der Waals surface area contributed by atoms with E-state index in [1.165, 1.54) is 0 Å². The maximum atomic E-state index is 13.2. The van der Waals surface area contributed by atoms with E-state index in [0.29, 0.717) is 31.0 Å². The maximum absolute atomic E-state index is 13.2. The highest BCUT2D eigenvalue weighted by molar-refractivity contribution is 5.77. The van der Waals surface area contributed by atoms with Gasteiger partial charge >= 0.3 is 6.18 Å². The van der Waals surface area contributed by atoms with Gasteiger partial charge < -0.3 is 4.90 Å². The summed E-state index contributed by atoms with van der Waals surface area (Å²) in [4.78, 5) is 22.1. The molecule has 0 aromatic carbocycles. The van der Waals surface area contributed by atoms with Gasteiger partial charge in [0, 0.05) is 37.8 Å². The molecule has 1 saturated carbocycles. The van der Waals surface area contributed by atoms with Crippen LogP contribution in [0.1, 0.15) is 67.3 Å². The molecule has 0 N–H and O–H groups in total. The van der Waals surface area contributed by atoms with Crippen molar-refractivity contribution in [1.29, 1.82) is 0 Å². The van der Waals surface area contributed by atoms with Gasteiger partial charge in [-0.2, -0.15) is 18.3 Å². The van der Waals surface area contributed by atoms with Crippen molar-refractivity contribution in [1.82, 2.24) is 24.6 Å². The van der Waals surface area contributed by atoms with E-state index in [1.54, 1.807) is 4.68 Å². The first-order valence-corrected chi connectivity index (χ1v) is 9.60. The fourth-order valence-corrected chi connectivity index (χ4v) is 3.66. The summed E-state index contributed by atoms with van der Waals surface area (Å²) in [6.45, 7) is 3.39. The van der Waals surface area contributed by atoms with Crippen LogP contribution < -0.4 is 0 Å². The third-order valence-electron chi connectivity index (χ3n) is 5.39. The van der Waals surface area contributed by atoms with Crippen LogP contribution >= 0.6 is 0 Å². The smallest absolute Gasteiger partial charge is 0.343 e. The minimum atomic E-state index is -4.43. The van der Waals surface area contributed by atoms with E-state index in [0.717, 1.165) is 25.5 Å². The number of halogens is 3. The minimum absolute atomic E-state index is 0.0135. The van der Waals surface area contributed by atoms with Crippen LogP contribution in [0, 0.1) is 0 Å². The molecule has 2 aromatic heterocycles. The molecule has 4 rings (SSSR count). The van der Waals surface area contributed by atoms with Gasteiger partial charge in [-0.05, 0) is 32.3 Å². The second kappa shape index (κ2) is 7.18. The summed E-state index contributed by atoms with van der Waals surface area (Å²) in [5, 5.41) is 4.52. The first kappa shape index (κ1) is 18.9. The molecule has 1 amide bonds. The number of alkyl halides is 3. The van der Waals surface area contributed by atoms with E-state index >= 15 is 0 Å². The van der Waals surface area contributed by atoms with Gasteiger partial charge in [-0.25, -0.2) is 9.97 Å². The fourth-order valence-electron chi connectivity index (χ4n) is 3.66. The quantitative estimate of drug-likeness (QED) is 0.782. The molecule has 1 saturated heterocycles. The number of nitrogens with zero attached hydrogens (tertiary/aromatic N) is 5. The molecule has 0 bridgehead atoms. The Kier molecular flexibility index (Phi) is 4.84. The lowest BCUT2D eigenvalue weighted by Gasteiger charge is -2.30. The molecule has 0 spiro atoms. The van der Waals surface area contributed by atoms with Gasteiger partial charge in [0.15, 0.2) is 0 Å². The number of hydrogen-bond donors (Lipinski definition) is 0. The molecule has 1 unspecified atom stereocenters. The molecule has 2 aliphatic rings. The molecular formula is C19H22F3N5O. The van der Waals surface area contributed by atoms with Crippen LogP contribution in [-0.2, 0) is 17.4 Å². The first-order chi connectivity index (χ1) is 13.3. The molecule has 6 nitrogen and oxygen atoms in total. The highest BCUT2D eigenvalue weighted by Crippen LogP contribution is 2.44. The van der Waals surface area contributed by atoms with Crippen LogP contribution in [0.15, 0.2) is 18.5 Å². The molecule has 0 radical (unpaired) electrons. The van der Waals surface area contributed by atoms with E-state index in [4.69, 9.17) is 0 Å². The normalized spacial score (nSPS) is 20.6. The predicted molar refractivity (Wildman–Crippen MR) is 94.6 cm³/mol. The largest absolute Gasteiger partial charge is 0.419 e. The Bertz CT molecular complexity index is 875. The summed E-state index contributed by atoms with van der Waals surface area (Å²) in [6.07, 6.45) is 1.27. The number of aromatic nitrogens is 4. The van der Waals surface area contributed by atoms with Gasteiger partial charge in [0.2, 0.25) is 5.91 Å². The van der Waals surface area contributed by atoms with Crippen molar-refractivity contribution in [3.05, 3.63) is 41.2 Å². The van der Waals surface area contributed by atoms with E-state index in [1.807, 2.05) is 24.1 Å². The number of rotatable bonds is 5. The minimum Gasteiger partial charge on any atom is -0.343 e. The molecule has 2 aromatic rings. The highest BCUT2D eigenvalue weighted by Gasteiger charge is 2.40. The Labute approximate surface area is 160 Å². The molecule has 150 valence electrons. The Morgan fingerprint density at radius 1 is 1.25 bits per heavy atom. The van der Waals surface area contributed by atoms with E-state index in [9.17, 15) is 18.0 Å². The number of carbonyl (C=O) groups is 1. The molecule has 1 aliphatic carbocycles. The average Bonchev–Trinajstić information content (AvgIpc) is 3.40. The lowest BCUT2D eigenvalue weighted by molar-refractivity contribution is -0.139. The second-order valence-corrected chi connectivity index (χ2v) is 7.44. The molecule has 2 fully saturated rings. The van der Waals surface area contributed by atoms with Crippen molar-refractivity contribution in [2.75, 3.05) is 13.1 Å². The van der Waals surface area contributed by atoms with Crippen LogP contribution in [0.25, 0.3) is 0 Å². The van der Waals surface area contributed by atoms with Gasteiger partial charge in [-0.3, -0.25) is 9.48 Å². The van der Waals surface area contributed by atoms with Crippen molar-refractivity contribution in [2.45, 2.75) is 57.2 Å². The topological polar surface area (TPSA) is 63.9 Å². The van der Waals surface area contributed by atoms with Crippen LogP contribution in [0.3, 0.4) is 0 Å². The number of carbonyl (C=O) groups excluding carboxylic acids is 1. The van der Waals surface area contributed by atoms with Gasteiger partial charge in [0.25, 0.3) is 0 Å². The average molecular weight is 393 g/mol. The summed E-state index contributed by atoms with van der Waals surface area (Å²) in [5.41, 5.74) is 0.0619. The van der Waals surface area contributed by atoms with Crippen LogP contribution in [0.4, 0.5) is 13.2 Å². The summed E-state index contributed by atoms with van der Waals surface area (Å²) in [6, 6.07) is 1.83. The number of likely N-dealkylation sites (tertiary alicyclic amines) is 1. The summed E-state index contributed by atoms with van der Waals surface area (Å²) < 4.78 is 41.3. The van der Waals surface area contributed by atoms with Crippen molar-refractivity contribution in [3.63, 3.8) is 0 Å². The zero-order chi connectivity index (χ0) is 19.9. The predicted octanol–water partition coefficient (Wildman–Crippen LogP) is 3.34. The summed E-state index contributed by atoms with van der Waals surface area (Å²) >= 11 is 0. The molecule has 28 heavy (non-hydrogen) atoms. The maximum Gasteiger partial charge on any atom is 0.419 e. The fraction of sp³-hybridized carbons (Fsp3) is 0.579. The number of amides is 1. The SMILES string of the molecule is CCN1CCC(n2ccc(Cc3ncc(C(F)(F)F)c(C4CC4)n3)n2)CC1=O. The van der Waals surface area contributed by atoms with Gasteiger partial charge in [0.05, 0.1) is 29.4 Å². The van der Waals surface area contributed by atoms with Gasteiger partial charge in [0.1, 0.15) is 5.82 Å². The van der Waals surface area contributed by atoms with Crippen molar-refractivity contribution in [3.8, 4) is 0 Å². The molecule has 9 heteroatoms. The van der Waals surface area contributed by atoms with Gasteiger partial charge in [-0.1, -0.05) is 0 Å². The lowest BCUT2D eigenvalue weighted by atomic mass is 10.0. The zero-order valence-electron chi connectivity index (χ0n) is 15.6. The third kappa shape index (κ3) is 3.88. The third-order valence-corrected chi connectivity index (χ3v) is 5.39. The lowest BCUT2D eigenvalue weighted by Crippen LogP contribution is -2.39. The Morgan fingerprint density at radius 3 is 2.68 bits per heavy atom.